The molecule has 1 N–H and O–H groups in total. The van der Waals surface area contributed by atoms with E-state index in [4.69, 9.17) is 0 Å². The van der Waals surface area contributed by atoms with E-state index < -0.39 is 10.0 Å². The van der Waals surface area contributed by atoms with E-state index in [9.17, 15) is 13.2 Å². The van der Waals surface area contributed by atoms with Gasteiger partial charge in [-0.05, 0) is 29.4 Å². The zero-order valence-electron chi connectivity index (χ0n) is 15.6. The van der Waals surface area contributed by atoms with E-state index in [1.807, 2.05) is 32.9 Å². The maximum Gasteiger partial charge on any atom is 0.240 e. The van der Waals surface area contributed by atoms with Crippen molar-refractivity contribution < 1.29 is 13.2 Å². The summed E-state index contributed by atoms with van der Waals surface area (Å²) in [6, 6.07) is 7.33. The summed E-state index contributed by atoms with van der Waals surface area (Å²) in [5, 5.41) is 2.80. The molecular weight excluding hydrogens is 324 g/mol. The molecule has 1 aromatic carbocycles. The number of nitrogens with one attached hydrogen (secondary N) is 1. The molecule has 1 rings (SSSR count). The number of amides is 1. The van der Waals surface area contributed by atoms with Crippen molar-refractivity contribution in [1.82, 2.24) is 5.32 Å². The molecule has 0 bridgehead atoms. The zero-order valence-corrected chi connectivity index (χ0v) is 16.4. The number of hydrogen-bond donors (Lipinski definition) is 1. The molecule has 0 aliphatic carbocycles. The number of carbonyl (C=O) groups excluding carboxylic acids is 1. The third kappa shape index (κ3) is 6.15. The first-order chi connectivity index (χ1) is 10.9. The highest BCUT2D eigenvalue weighted by Crippen LogP contribution is 2.32. The van der Waals surface area contributed by atoms with Crippen LogP contribution in [0.4, 0.5) is 5.69 Å². The summed E-state index contributed by atoms with van der Waals surface area (Å²) in [7, 11) is -3.56. The summed E-state index contributed by atoms with van der Waals surface area (Å²) >= 11 is 0. The SMILES string of the molecule is CC(C)CCNC(=O)CN(c1ccccc1C(C)(C)C)S(C)(=O)=O. The van der Waals surface area contributed by atoms with Gasteiger partial charge in [-0.25, -0.2) is 8.42 Å². The number of hydrogen-bond acceptors (Lipinski definition) is 3. The van der Waals surface area contributed by atoms with E-state index in [1.54, 1.807) is 12.1 Å². The Balaban J connectivity index is 3.07. The van der Waals surface area contributed by atoms with E-state index in [0.29, 0.717) is 18.2 Å². The third-order valence-corrected chi connectivity index (χ3v) is 4.84. The normalized spacial score (nSPS) is 12.3. The van der Waals surface area contributed by atoms with Gasteiger partial charge in [0.15, 0.2) is 0 Å². The Kier molecular flexibility index (Phi) is 6.84. The summed E-state index contributed by atoms with van der Waals surface area (Å²) in [4.78, 5) is 12.2. The standard InChI is InChI=1S/C18H30N2O3S/c1-14(2)11-12-19-17(21)13-20(24(6,22)23)16-10-8-7-9-15(16)18(3,4)5/h7-10,14H,11-13H2,1-6H3,(H,19,21). The van der Waals surface area contributed by atoms with Gasteiger partial charge in [0.2, 0.25) is 15.9 Å². The van der Waals surface area contributed by atoms with Crippen LogP contribution in [0.1, 0.15) is 46.6 Å². The van der Waals surface area contributed by atoms with Gasteiger partial charge in [0.25, 0.3) is 0 Å². The molecule has 136 valence electrons. The maximum absolute atomic E-state index is 12.3. The molecule has 0 atom stereocenters. The van der Waals surface area contributed by atoms with Crippen molar-refractivity contribution in [2.45, 2.75) is 46.5 Å². The molecule has 0 saturated heterocycles. The lowest BCUT2D eigenvalue weighted by atomic mass is 9.86. The Morgan fingerprint density at radius 1 is 1.21 bits per heavy atom. The Morgan fingerprint density at radius 3 is 2.29 bits per heavy atom. The van der Waals surface area contributed by atoms with Crippen LogP contribution in [-0.4, -0.2) is 33.7 Å². The number of anilines is 1. The lowest BCUT2D eigenvalue weighted by Crippen LogP contribution is -2.41. The molecule has 0 unspecified atom stereocenters. The molecule has 5 nitrogen and oxygen atoms in total. The highest BCUT2D eigenvalue weighted by Gasteiger charge is 2.27. The van der Waals surface area contributed by atoms with Crippen molar-refractivity contribution in [3.05, 3.63) is 29.8 Å². The Bertz CT molecular complexity index is 661. The first kappa shape index (κ1) is 20.5. The fraction of sp³-hybridized carbons (Fsp3) is 0.611. The van der Waals surface area contributed by atoms with Crippen LogP contribution in [0.25, 0.3) is 0 Å². The summed E-state index contributed by atoms with van der Waals surface area (Å²) in [5.74, 6) is 0.197. The quantitative estimate of drug-likeness (QED) is 0.819. The fourth-order valence-electron chi connectivity index (χ4n) is 2.39. The van der Waals surface area contributed by atoms with E-state index >= 15 is 0 Å². The fourth-order valence-corrected chi connectivity index (χ4v) is 3.26. The number of para-hydroxylation sites is 1. The Morgan fingerprint density at radius 2 is 1.79 bits per heavy atom. The molecule has 1 aromatic rings. The molecule has 24 heavy (non-hydrogen) atoms. The lowest BCUT2D eigenvalue weighted by molar-refractivity contribution is -0.119. The number of benzene rings is 1. The Labute approximate surface area is 146 Å². The highest BCUT2D eigenvalue weighted by molar-refractivity contribution is 7.92. The topological polar surface area (TPSA) is 66.5 Å². The summed E-state index contributed by atoms with van der Waals surface area (Å²) in [6.45, 7) is 10.6. The summed E-state index contributed by atoms with van der Waals surface area (Å²) in [5.41, 5.74) is 1.23. The number of rotatable bonds is 7. The smallest absolute Gasteiger partial charge is 0.240 e. The number of nitrogens with zero attached hydrogens (tertiary/aromatic N) is 1. The van der Waals surface area contributed by atoms with E-state index in [1.165, 1.54) is 4.31 Å². The summed E-state index contributed by atoms with van der Waals surface area (Å²) < 4.78 is 25.7. The number of carbonyl (C=O) groups is 1. The summed E-state index contributed by atoms with van der Waals surface area (Å²) in [6.07, 6.45) is 2.00. The Hall–Kier alpha value is -1.56. The van der Waals surface area contributed by atoms with Gasteiger partial charge in [-0.15, -0.1) is 0 Å². The predicted molar refractivity (Wildman–Crippen MR) is 99.8 cm³/mol. The molecule has 0 aromatic heterocycles. The van der Waals surface area contributed by atoms with Crippen LogP contribution >= 0.6 is 0 Å². The molecule has 0 heterocycles. The molecule has 0 saturated carbocycles. The van der Waals surface area contributed by atoms with Crippen molar-refractivity contribution in [3.63, 3.8) is 0 Å². The third-order valence-electron chi connectivity index (χ3n) is 3.71. The van der Waals surface area contributed by atoms with Crippen molar-refractivity contribution >= 4 is 21.6 Å². The minimum Gasteiger partial charge on any atom is -0.355 e. The van der Waals surface area contributed by atoms with Crippen LogP contribution in [0.2, 0.25) is 0 Å². The van der Waals surface area contributed by atoms with Crippen LogP contribution in [0.15, 0.2) is 24.3 Å². The molecular formula is C18H30N2O3S. The molecule has 6 heteroatoms. The second-order valence-electron chi connectivity index (χ2n) is 7.57. The van der Waals surface area contributed by atoms with Crippen molar-refractivity contribution in [2.75, 3.05) is 23.7 Å². The van der Waals surface area contributed by atoms with Crippen molar-refractivity contribution in [2.24, 2.45) is 5.92 Å². The largest absolute Gasteiger partial charge is 0.355 e. The predicted octanol–water partition coefficient (Wildman–Crippen LogP) is 2.91. The van der Waals surface area contributed by atoms with Gasteiger partial charge >= 0.3 is 0 Å². The van der Waals surface area contributed by atoms with E-state index in [-0.39, 0.29) is 17.9 Å². The highest BCUT2D eigenvalue weighted by atomic mass is 32.2. The van der Waals surface area contributed by atoms with Gasteiger partial charge in [-0.3, -0.25) is 9.10 Å². The van der Waals surface area contributed by atoms with Crippen LogP contribution in [0, 0.1) is 5.92 Å². The first-order valence-corrected chi connectivity index (χ1v) is 10.1. The van der Waals surface area contributed by atoms with Gasteiger partial charge < -0.3 is 5.32 Å². The molecule has 0 fully saturated rings. The minimum absolute atomic E-state index is 0.204. The molecule has 0 aliphatic heterocycles. The van der Waals surface area contributed by atoms with Crippen LogP contribution < -0.4 is 9.62 Å². The van der Waals surface area contributed by atoms with Crippen LogP contribution in [0.5, 0.6) is 0 Å². The van der Waals surface area contributed by atoms with E-state index in [2.05, 4.69) is 19.2 Å². The monoisotopic (exact) mass is 354 g/mol. The average Bonchev–Trinajstić information content (AvgIpc) is 2.42. The van der Waals surface area contributed by atoms with Gasteiger partial charge in [0.05, 0.1) is 11.9 Å². The molecule has 0 radical (unpaired) electrons. The first-order valence-electron chi connectivity index (χ1n) is 8.27. The second kappa shape index (κ2) is 8.01. The van der Waals surface area contributed by atoms with Crippen molar-refractivity contribution in [3.8, 4) is 0 Å². The van der Waals surface area contributed by atoms with Gasteiger partial charge in [-0.2, -0.15) is 0 Å². The van der Waals surface area contributed by atoms with Crippen molar-refractivity contribution in [1.29, 1.82) is 0 Å². The number of sulfonamides is 1. The van der Waals surface area contributed by atoms with E-state index in [0.717, 1.165) is 18.2 Å². The van der Waals surface area contributed by atoms with Gasteiger partial charge in [-0.1, -0.05) is 52.8 Å². The average molecular weight is 355 g/mol. The molecule has 0 aliphatic rings. The lowest BCUT2D eigenvalue weighted by Gasteiger charge is -2.29. The van der Waals surface area contributed by atoms with Gasteiger partial charge in [0, 0.05) is 6.54 Å². The zero-order chi connectivity index (χ0) is 18.5. The van der Waals surface area contributed by atoms with Crippen LogP contribution in [-0.2, 0) is 20.2 Å². The maximum atomic E-state index is 12.3. The molecule has 0 spiro atoms. The molecule has 1 amide bonds. The van der Waals surface area contributed by atoms with Gasteiger partial charge in [0.1, 0.15) is 6.54 Å². The second-order valence-corrected chi connectivity index (χ2v) is 9.48. The minimum atomic E-state index is -3.56. The van der Waals surface area contributed by atoms with Crippen LogP contribution in [0.3, 0.4) is 0 Å².